The first-order chi connectivity index (χ1) is 8.69. The molecule has 104 valence electrons. The van der Waals surface area contributed by atoms with Gasteiger partial charge in [0.25, 0.3) is 0 Å². The highest BCUT2D eigenvalue weighted by Crippen LogP contribution is 2.27. The Bertz CT molecular complexity index is 274. The minimum atomic E-state index is -0.0558. The Morgan fingerprint density at radius 2 is 1.89 bits per heavy atom. The predicted molar refractivity (Wildman–Crippen MR) is 69.3 cm³/mol. The smallest absolute Gasteiger partial charge is 0.308 e. The molecule has 0 amide bonds. The summed E-state index contributed by atoms with van der Waals surface area (Å²) in [6.07, 6.45) is 6.60. The van der Waals surface area contributed by atoms with Gasteiger partial charge in [-0.25, -0.2) is 0 Å². The molecule has 18 heavy (non-hydrogen) atoms. The molecule has 1 aliphatic heterocycles. The third kappa shape index (κ3) is 3.69. The van der Waals surface area contributed by atoms with Crippen LogP contribution in [0.4, 0.5) is 0 Å². The Labute approximate surface area is 109 Å². The van der Waals surface area contributed by atoms with Crippen LogP contribution in [-0.2, 0) is 14.3 Å². The molecular formula is C14H25NO3. The van der Waals surface area contributed by atoms with Gasteiger partial charge in [0.05, 0.1) is 25.7 Å². The highest BCUT2D eigenvalue weighted by Gasteiger charge is 2.28. The summed E-state index contributed by atoms with van der Waals surface area (Å²) < 4.78 is 10.8. The molecule has 0 aromatic heterocycles. The predicted octanol–water partition coefficient (Wildman–Crippen LogP) is 1.88. The van der Waals surface area contributed by atoms with Crippen molar-refractivity contribution in [3.8, 4) is 0 Å². The summed E-state index contributed by atoms with van der Waals surface area (Å²) >= 11 is 0. The summed E-state index contributed by atoms with van der Waals surface area (Å²) in [7, 11) is 1.47. The van der Waals surface area contributed by atoms with Crippen LogP contribution in [0.1, 0.15) is 45.4 Å². The van der Waals surface area contributed by atoms with E-state index >= 15 is 0 Å². The van der Waals surface area contributed by atoms with E-state index in [0.29, 0.717) is 18.2 Å². The number of hydrogen-bond donors (Lipinski definition) is 1. The zero-order chi connectivity index (χ0) is 13.0. The number of hydrogen-bond acceptors (Lipinski definition) is 4. The zero-order valence-electron chi connectivity index (χ0n) is 11.5. The largest absolute Gasteiger partial charge is 0.469 e. The topological polar surface area (TPSA) is 47.6 Å². The van der Waals surface area contributed by atoms with E-state index < -0.39 is 0 Å². The number of nitrogens with one attached hydrogen (secondary N) is 1. The molecule has 2 rings (SSSR count). The van der Waals surface area contributed by atoms with Crippen LogP contribution in [-0.4, -0.2) is 37.9 Å². The molecule has 1 heterocycles. The highest BCUT2D eigenvalue weighted by atomic mass is 16.5. The Morgan fingerprint density at radius 1 is 1.17 bits per heavy atom. The fourth-order valence-corrected chi connectivity index (χ4v) is 3.04. The molecule has 1 aliphatic carbocycles. The maximum atomic E-state index is 11.4. The van der Waals surface area contributed by atoms with Crippen LogP contribution in [0.15, 0.2) is 0 Å². The molecule has 0 bridgehead atoms. The highest BCUT2D eigenvalue weighted by molar-refractivity contribution is 5.72. The fraction of sp³-hybridized carbons (Fsp3) is 0.929. The Balaban J connectivity index is 1.63. The van der Waals surface area contributed by atoms with Crippen molar-refractivity contribution in [1.82, 2.24) is 5.32 Å². The lowest BCUT2D eigenvalue weighted by atomic mass is 9.87. The van der Waals surface area contributed by atoms with Crippen LogP contribution in [0.2, 0.25) is 0 Å². The van der Waals surface area contributed by atoms with Gasteiger partial charge < -0.3 is 14.8 Å². The molecule has 0 unspecified atom stereocenters. The van der Waals surface area contributed by atoms with E-state index in [9.17, 15) is 4.79 Å². The third-order valence-corrected chi connectivity index (χ3v) is 4.21. The van der Waals surface area contributed by atoms with Gasteiger partial charge in [0, 0.05) is 12.1 Å². The van der Waals surface area contributed by atoms with E-state index in [1.54, 1.807) is 0 Å². The van der Waals surface area contributed by atoms with Gasteiger partial charge in [0.2, 0.25) is 0 Å². The number of carbonyl (C=O) groups excluding carboxylic acids is 1. The van der Waals surface area contributed by atoms with Gasteiger partial charge in [0.1, 0.15) is 0 Å². The summed E-state index contributed by atoms with van der Waals surface area (Å²) in [5, 5.41) is 3.53. The Hall–Kier alpha value is -0.610. The van der Waals surface area contributed by atoms with E-state index in [2.05, 4.69) is 12.2 Å². The number of esters is 1. The lowest BCUT2D eigenvalue weighted by Gasteiger charge is -2.28. The quantitative estimate of drug-likeness (QED) is 0.779. The maximum Gasteiger partial charge on any atom is 0.308 e. The van der Waals surface area contributed by atoms with Crippen LogP contribution in [0, 0.1) is 5.92 Å². The molecule has 2 atom stereocenters. The van der Waals surface area contributed by atoms with Gasteiger partial charge >= 0.3 is 5.97 Å². The molecule has 2 aliphatic rings. The van der Waals surface area contributed by atoms with Crippen molar-refractivity contribution >= 4 is 5.97 Å². The van der Waals surface area contributed by atoms with Gasteiger partial charge in [-0.15, -0.1) is 0 Å². The zero-order valence-corrected chi connectivity index (χ0v) is 11.5. The van der Waals surface area contributed by atoms with Crippen molar-refractivity contribution in [1.29, 1.82) is 0 Å². The second-order valence-corrected chi connectivity index (χ2v) is 5.67. The molecular weight excluding hydrogens is 230 g/mol. The number of methoxy groups -OCH3 is 1. The minimum Gasteiger partial charge on any atom is -0.469 e. The molecule has 1 saturated carbocycles. The van der Waals surface area contributed by atoms with Gasteiger partial charge in [-0.1, -0.05) is 0 Å². The van der Waals surface area contributed by atoms with E-state index in [1.807, 2.05) is 0 Å². The molecule has 1 N–H and O–H groups in total. The first kappa shape index (κ1) is 13.8. The van der Waals surface area contributed by atoms with E-state index in [-0.39, 0.29) is 11.9 Å². The average molecular weight is 255 g/mol. The minimum absolute atomic E-state index is 0.0558. The third-order valence-electron chi connectivity index (χ3n) is 4.21. The number of ether oxygens (including phenoxy) is 2. The normalized spacial score (nSPS) is 36.6. The monoisotopic (exact) mass is 255 g/mol. The summed E-state index contributed by atoms with van der Waals surface area (Å²) in [6.45, 7) is 3.04. The lowest BCUT2D eigenvalue weighted by molar-refractivity contribution is -0.147. The van der Waals surface area contributed by atoms with Crippen LogP contribution in [0.5, 0.6) is 0 Å². The Kier molecular flexibility index (Phi) is 5.01. The Morgan fingerprint density at radius 3 is 2.44 bits per heavy atom. The van der Waals surface area contributed by atoms with Gasteiger partial charge in [0.15, 0.2) is 0 Å². The number of rotatable bonds is 4. The first-order valence-corrected chi connectivity index (χ1v) is 7.14. The second-order valence-electron chi connectivity index (χ2n) is 5.67. The van der Waals surface area contributed by atoms with Crippen molar-refractivity contribution in [2.24, 2.45) is 5.92 Å². The molecule has 0 aromatic carbocycles. The van der Waals surface area contributed by atoms with Crippen molar-refractivity contribution in [2.45, 2.75) is 63.6 Å². The molecule has 4 nitrogen and oxygen atoms in total. The standard InChI is InChI=1S/C14H25NO3/c1-10-3-6-12(15-10)9-18-13-7-4-11(5-8-13)14(16)17-2/h10-13,15H,3-9H2,1-2H3/t10-,11-,12-,13-/m0/s1. The summed E-state index contributed by atoms with van der Waals surface area (Å²) in [6, 6.07) is 1.16. The van der Waals surface area contributed by atoms with Crippen LogP contribution >= 0.6 is 0 Å². The van der Waals surface area contributed by atoms with Crippen molar-refractivity contribution in [3.63, 3.8) is 0 Å². The van der Waals surface area contributed by atoms with Gasteiger partial charge in [-0.05, 0) is 45.4 Å². The van der Waals surface area contributed by atoms with Crippen molar-refractivity contribution in [3.05, 3.63) is 0 Å². The summed E-state index contributed by atoms with van der Waals surface area (Å²) in [5.41, 5.74) is 0. The van der Waals surface area contributed by atoms with Crippen LogP contribution in [0.25, 0.3) is 0 Å². The average Bonchev–Trinajstić information content (AvgIpc) is 2.82. The van der Waals surface area contributed by atoms with Crippen molar-refractivity contribution < 1.29 is 14.3 Å². The second kappa shape index (κ2) is 6.53. The molecule has 0 radical (unpaired) electrons. The lowest BCUT2D eigenvalue weighted by Crippen LogP contribution is -2.34. The SMILES string of the molecule is COC(=O)[C@H]1CC[C@H](OC[C@@H]2CC[C@H](C)N2)CC1. The van der Waals surface area contributed by atoms with E-state index in [0.717, 1.165) is 32.3 Å². The molecule has 1 saturated heterocycles. The molecule has 2 fully saturated rings. The molecule has 4 heteroatoms. The fourth-order valence-electron chi connectivity index (χ4n) is 3.04. The summed E-state index contributed by atoms with van der Waals surface area (Å²) in [4.78, 5) is 11.4. The van der Waals surface area contributed by atoms with E-state index in [1.165, 1.54) is 20.0 Å². The van der Waals surface area contributed by atoms with E-state index in [4.69, 9.17) is 9.47 Å². The van der Waals surface area contributed by atoms with Crippen LogP contribution in [0.3, 0.4) is 0 Å². The van der Waals surface area contributed by atoms with Gasteiger partial charge in [-0.2, -0.15) is 0 Å². The van der Waals surface area contributed by atoms with Gasteiger partial charge in [-0.3, -0.25) is 4.79 Å². The molecule has 0 aromatic rings. The first-order valence-electron chi connectivity index (χ1n) is 7.14. The molecule has 0 spiro atoms. The van der Waals surface area contributed by atoms with Crippen LogP contribution < -0.4 is 5.32 Å². The maximum absolute atomic E-state index is 11.4. The van der Waals surface area contributed by atoms with Crippen molar-refractivity contribution in [2.75, 3.05) is 13.7 Å². The summed E-state index contributed by atoms with van der Waals surface area (Å²) in [5.74, 6) is 0.0409. The number of carbonyl (C=O) groups is 1.